The quantitative estimate of drug-likeness (QED) is 0.335. The van der Waals surface area contributed by atoms with Crippen LogP contribution in [0.4, 0.5) is 21.6 Å². The summed E-state index contributed by atoms with van der Waals surface area (Å²) in [4.78, 5) is 20.3. The van der Waals surface area contributed by atoms with Crippen molar-refractivity contribution in [2.24, 2.45) is 0 Å². The number of piperazine rings is 1. The number of H-pyrrole nitrogens is 1. The summed E-state index contributed by atoms with van der Waals surface area (Å²) in [6, 6.07) is 18.5. The van der Waals surface area contributed by atoms with E-state index in [0.29, 0.717) is 31.0 Å². The van der Waals surface area contributed by atoms with E-state index in [0.717, 1.165) is 59.6 Å². The normalized spacial score (nSPS) is 14.1. The summed E-state index contributed by atoms with van der Waals surface area (Å²) in [5, 5.41) is 11.2. The number of rotatable bonds is 9. The van der Waals surface area contributed by atoms with Crippen molar-refractivity contribution in [3.8, 4) is 0 Å². The number of nitrogens with one attached hydrogen (secondary N) is 2. The van der Waals surface area contributed by atoms with Crippen LogP contribution < -0.4 is 15.1 Å². The number of halogens is 1. The van der Waals surface area contributed by atoms with E-state index in [1.54, 1.807) is 13.2 Å². The van der Waals surface area contributed by atoms with Crippen LogP contribution in [0.25, 0.3) is 10.9 Å². The number of aromatic amines is 1. The molecule has 9 heteroatoms. The molecule has 4 aromatic rings. The van der Waals surface area contributed by atoms with Crippen LogP contribution in [0, 0.1) is 5.82 Å². The molecule has 0 aliphatic carbocycles. The monoisotopic (exact) mass is 530 g/mol. The number of nitrogens with zero attached hydrogens (tertiary/aromatic N) is 4. The number of anilines is 3. The number of hydrogen-bond acceptors (Lipinski definition) is 6. The van der Waals surface area contributed by atoms with Crippen molar-refractivity contribution in [1.82, 2.24) is 15.1 Å². The zero-order valence-electron chi connectivity index (χ0n) is 22.7. The van der Waals surface area contributed by atoms with Gasteiger partial charge in [-0.3, -0.25) is 9.89 Å². The van der Waals surface area contributed by atoms with Gasteiger partial charge in [-0.15, -0.1) is 0 Å². The molecule has 1 aliphatic rings. The predicted molar refractivity (Wildman–Crippen MR) is 155 cm³/mol. The molecule has 0 spiro atoms. The number of carbonyl (C=O) groups excluding carboxylic acids is 1. The SMILES string of the molecule is COCCN(C)c1cc(N2CCN(C)CC2)ccc1C(=O)Nc1n[nH]c2ccc(Cc3cccc(F)c3)cc12. The summed E-state index contributed by atoms with van der Waals surface area (Å²) in [6.45, 7) is 5.10. The molecule has 0 atom stereocenters. The first-order chi connectivity index (χ1) is 18.9. The fraction of sp³-hybridized carbons (Fsp3) is 0.333. The van der Waals surface area contributed by atoms with E-state index in [-0.39, 0.29) is 11.7 Å². The molecule has 204 valence electrons. The van der Waals surface area contributed by atoms with Crippen molar-refractivity contribution in [3.63, 3.8) is 0 Å². The van der Waals surface area contributed by atoms with Crippen LogP contribution in [-0.4, -0.2) is 81.5 Å². The maximum Gasteiger partial charge on any atom is 0.258 e. The Balaban J connectivity index is 1.40. The van der Waals surface area contributed by atoms with E-state index >= 15 is 0 Å². The average molecular weight is 531 g/mol. The summed E-state index contributed by atoms with van der Waals surface area (Å²) in [6.07, 6.45) is 0.578. The topological polar surface area (TPSA) is 76.7 Å². The Labute approximate surface area is 228 Å². The lowest BCUT2D eigenvalue weighted by Crippen LogP contribution is -2.44. The smallest absolute Gasteiger partial charge is 0.258 e. The zero-order chi connectivity index (χ0) is 27.4. The van der Waals surface area contributed by atoms with Crippen molar-refractivity contribution in [1.29, 1.82) is 0 Å². The second-order valence-electron chi connectivity index (χ2n) is 10.1. The van der Waals surface area contributed by atoms with Crippen LogP contribution in [0.5, 0.6) is 0 Å². The third-order valence-corrected chi connectivity index (χ3v) is 7.29. The van der Waals surface area contributed by atoms with E-state index in [1.165, 1.54) is 12.1 Å². The van der Waals surface area contributed by atoms with Crippen molar-refractivity contribution in [2.75, 3.05) is 75.7 Å². The van der Waals surface area contributed by atoms with Crippen LogP contribution in [0.15, 0.2) is 60.7 Å². The number of amides is 1. The maximum atomic E-state index is 13.7. The van der Waals surface area contributed by atoms with Gasteiger partial charge in [0.15, 0.2) is 5.82 Å². The highest BCUT2D eigenvalue weighted by Crippen LogP contribution is 2.29. The molecule has 1 fully saturated rings. The molecule has 8 nitrogen and oxygen atoms in total. The molecule has 1 amide bonds. The predicted octanol–water partition coefficient (Wildman–Crippen LogP) is 4.38. The van der Waals surface area contributed by atoms with E-state index in [1.807, 2.05) is 43.4 Å². The van der Waals surface area contributed by atoms with Crippen molar-refractivity contribution < 1.29 is 13.9 Å². The molecule has 0 unspecified atom stereocenters. The molecule has 2 N–H and O–H groups in total. The molecule has 39 heavy (non-hydrogen) atoms. The molecule has 3 aromatic carbocycles. The Kier molecular flexibility index (Phi) is 8.09. The minimum atomic E-state index is -0.255. The number of aromatic nitrogens is 2. The zero-order valence-corrected chi connectivity index (χ0v) is 22.7. The Morgan fingerprint density at radius 3 is 2.64 bits per heavy atom. The van der Waals surface area contributed by atoms with E-state index in [2.05, 4.69) is 43.3 Å². The Morgan fingerprint density at radius 1 is 1.08 bits per heavy atom. The van der Waals surface area contributed by atoms with Crippen molar-refractivity contribution in [2.45, 2.75) is 6.42 Å². The lowest BCUT2D eigenvalue weighted by atomic mass is 10.0. The molecule has 0 saturated carbocycles. The van der Waals surface area contributed by atoms with Gasteiger partial charge in [0.1, 0.15) is 5.82 Å². The number of hydrogen-bond donors (Lipinski definition) is 2. The van der Waals surface area contributed by atoms with Crippen LogP contribution in [0.1, 0.15) is 21.5 Å². The van der Waals surface area contributed by atoms with Gasteiger partial charge in [-0.1, -0.05) is 18.2 Å². The molecular formula is C30H35FN6O2. The van der Waals surface area contributed by atoms with Gasteiger partial charge in [0.05, 0.1) is 23.4 Å². The molecule has 2 heterocycles. The van der Waals surface area contributed by atoms with Crippen molar-refractivity contribution in [3.05, 3.63) is 83.2 Å². The minimum absolute atomic E-state index is 0.233. The van der Waals surface area contributed by atoms with Gasteiger partial charge in [0.25, 0.3) is 5.91 Å². The maximum absolute atomic E-state index is 13.7. The highest BCUT2D eigenvalue weighted by molar-refractivity contribution is 6.11. The molecule has 5 rings (SSSR count). The van der Waals surface area contributed by atoms with Crippen LogP contribution >= 0.6 is 0 Å². The van der Waals surface area contributed by atoms with Gasteiger partial charge in [-0.2, -0.15) is 5.10 Å². The van der Waals surface area contributed by atoms with Gasteiger partial charge >= 0.3 is 0 Å². The highest BCUT2D eigenvalue weighted by atomic mass is 19.1. The highest BCUT2D eigenvalue weighted by Gasteiger charge is 2.21. The summed E-state index contributed by atoms with van der Waals surface area (Å²) < 4.78 is 19.0. The number of benzene rings is 3. The van der Waals surface area contributed by atoms with Gasteiger partial charge in [-0.25, -0.2) is 4.39 Å². The lowest BCUT2D eigenvalue weighted by molar-refractivity contribution is 0.102. The first kappa shape index (κ1) is 26.6. The number of likely N-dealkylation sites (N-methyl/N-ethyl adjacent to an activating group) is 2. The summed E-state index contributed by atoms with van der Waals surface area (Å²) in [7, 11) is 5.78. The third-order valence-electron chi connectivity index (χ3n) is 7.29. The number of ether oxygens (including phenoxy) is 1. The fourth-order valence-corrected chi connectivity index (χ4v) is 4.96. The van der Waals surface area contributed by atoms with Crippen LogP contribution in [0.3, 0.4) is 0 Å². The number of carbonyl (C=O) groups is 1. The molecule has 1 aliphatic heterocycles. The molecular weight excluding hydrogens is 495 g/mol. The Bertz CT molecular complexity index is 1450. The van der Waals surface area contributed by atoms with Gasteiger partial charge in [0.2, 0.25) is 0 Å². The van der Waals surface area contributed by atoms with Gasteiger partial charge < -0.3 is 24.8 Å². The Morgan fingerprint density at radius 2 is 1.87 bits per heavy atom. The number of methoxy groups -OCH3 is 1. The fourth-order valence-electron chi connectivity index (χ4n) is 4.96. The molecule has 1 saturated heterocycles. The summed E-state index contributed by atoms with van der Waals surface area (Å²) >= 11 is 0. The van der Waals surface area contributed by atoms with E-state index in [9.17, 15) is 9.18 Å². The third kappa shape index (κ3) is 6.21. The summed E-state index contributed by atoms with van der Waals surface area (Å²) in [5.74, 6) is -0.0254. The lowest BCUT2D eigenvalue weighted by Gasteiger charge is -2.35. The first-order valence-corrected chi connectivity index (χ1v) is 13.2. The van der Waals surface area contributed by atoms with E-state index in [4.69, 9.17) is 4.74 Å². The minimum Gasteiger partial charge on any atom is -0.383 e. The largest absolute Gasteiger partial charge is 0.383 e. The number of fused-ring (bicyclic) bond motifs is 1. The van der Waals surface area contributed by atoms with Gasteiger partial charge in [-0.05, 0) is 67.1 Å². The second-order valence-corrected chi connectivity index (χ2v) is 10.1. The second kappa shape index (κ2) is 11.8. The molecule has 0 bridgehead atoms. The van der Waals surface area contributed by atoms with Crippen LogP contribution in [-0.2, 0) is 11.2 Å². The summed E-state index contributed by atoms with van der Waals surface area (Å²) in [5.41, 5.74) is 5.21. The molecule has 0 radical (unpaired) electrons. The molecule has 1 aromatic heterocycles. The van der Waals surface area contributed by atoms with Crippen LogP contribution in [0.2, 0.25) is 0 Å². The first-order valence-electron chi connectivity index (χ1n) is 13.2. The standard InChI is InChI=1S/C30H35FN6O2/c1-35-11-13-37(14-12-35)24-8-9-25(28(20-24)36(2)15-16-39-3)30(38)32-29-26-19-22(7-10-27(26)33-34-29)17-21-5-4-6-23(31)18-21/h4-10,18-20H,11-17H2,1-3H3,(H2,32,33,34,38). The average Bonchev–Trinajstić information content (AvgIpc) is 3.33. The van der Waals surface area contributed by atoms with Crippen molar-refractivity contribution >= 4 is 34.0 Å². The van der Waals surface area contributed by atoms with Gasteiger partial charge in [0, 0.05) is 58.0 Å². The van der Waals surface area contributed by atoms with E-state index < -0.39 is 0 Å². The Hall–Kier alpha value is -3.95.